The molecular weight excluding hydrogens is 328 g/mol. The lowest BCUT2D eigenvalue weighted by Gasteiger charge is -2.01. The Morgan fingerprint density at radius 2 is 1.15 bits per heavy atom. The van der Waals surface area contributed by atoms with Crippen molar-refractivity contribution < 1.29 is 4.74 Å². The second-order valence-corrected chi connectivity index (χ2v) is 6.60. The molecule has 0 radical (unpaired) electrons. The maximum absolute atomic E-state index is 5.44. The summed E-state index contributed by atoms with van der Waals surface area (Å²) < 4.78 is 5.44. The maximum Gasteiger partial charge on any atom is 0.119 e. The molecule has 0 saturated carbocycles. The molecule has 2 rings (SSSR count). The van der Waals surface area contributed by atoms with Crippen molar-refractivity contribution >= 4 is 0 Å². The summed E-state index contributed by atoms with van der Waals surface area (Å²) >= 11 is 0. The third-order valence-corrected chi connectivity index (χ3v) is 4.29. The molecule has 0 amide bonds. The van der Waals surface area contributed by atoms with Crippen molar-refractivity contribution in [3.63, 3.8) is 0 Å². The molecule has 0 atom stereocenters. The van der Waals surface area contributed by atoms with Crippen molar-refractivity contribution in [1.29, 1.82) is 0 Å². The molecule has 0 N–H and O–H groups in total. The number of hydrogen-bond donors (Lipinski definition) is 0. The van der Waals surface area contributed by atoms with E-state index in [9.17, 15) is 0 Å². The molecule has 2 aromatic rings. The fourth-order valence-electron chi connectivity index (χ4n) is 2.74. The average molecular weight is 359 g/mol. The van der Waals surface area contributed by atoms with Gasteiger partial charge < -0.3 is 4.74 Å². The van der Waals surface area contributed by atoms with Gasteiger partial charge in [0, 0.05) is 23.1 Å². The Balaban J connectivity index is 1.79. The number of ether oxygens (including phenoxy) is 1. The number of benzene rings is 2. The topological polar surface area (TPSA) is 9.23 Å². The first-order chi connectivity index (χ1) is 13.3. The lowest BCUT2D eigenvalue weighted by Crippen LogP contribution is -1.90. The molecular formula is C26H30O. The molecule has 0 aliphatic rings. The summed E-state index contributed by atoms with van der Waals surface area (Å²) in [5.74, 6) is 13.8. The van der Waals surface area contributed by atoms with Crippen molar-refractivity contribution in [2.75, 3.05) is 6.61 Å². The zero-order valence-electron chi connectivity index (χ0n) is 16.7. The summed E-state index contributed by atoms with van der Waals surface area (Å²) in [6.45, 7) is 4.91. The van der Waals surface area contributed by atoms with E-state index in [1.807, 2.05) is 43.3 Å². The Morgan fingerprint density at radius 3 is 1.74 bits per heavy atom. The van der Waals surface area contributed by atoms with E-state index < -0.39 is 0 Å². The van der Waals surface area contributed by atoms with Crippen LogP contribution in [-0.4, -0.2) is 6.61 Å². The molecule has 0 aromatic heterocycles. The monoisotopic (exact) mass is 358 g/mol. The lowest BCUT2D eigenvalue weighted by molar-refractivity contribution is 0.340. The SMILES string of the molecule is CCCCCCCCC#Cc1ccc(C#Cc2ccc(OCC)cc2)cc1. The minimum Gasteiger partial charge on any atom is -0.494 e. The van der Waals surface area contributed by atoms with Crippen molar-refractivity contribution in [2.45, 2.75) is 58.8 Å². The molecule has 0 aliphatic carbocycles. The normalized spacial score (nSPS) is 9.70. The van der Waals surface area contributed by atoms with Crippen LogP contribution >= 0.6 is 0 Å². The first kappa shape index (κ1) is 20.7. The summed E-state index contributed by atoms with van der Waals surface area (Å²) in [6, 6.07) is 16.1. The highest BCUT2D eigenvalue weighted by atomic mass is 16.5. The Morgan fingerprint density at radius 1 is 0.630 bits per heavy atom. The van der Waals surface area contributed by atoms with Crippen LogP contribution in [0.4, 0.5) is 0 Å². The van der Waals surface area contributed by atoms with Crippen molar-refractivity contribution in [3.8, 4) is 29.4 Å². The summed E-state index contributed by atoms with van der Waals surface area (Å²) in [4.78, 5) is 0. The third kappa shape index (κ3) is 8.52. The highest BCUT2D eigenvalue weighted by molar-refractivity contribution is 5.46. The Bertz CT molecular complexity index is 777. The van der Waals surface area contributed by atoms with Crippen LogP contribution in [0.1, 0.15) is 75.5 Å². The van der Waals surface area contributed by atoms with Gasteiger partial charge in [0.25, 0.3) is 0 Å². The van der Waals surface area contributed by atoms with Gasteiger partial charge in [-0.25, -0.2) is 0 Å². The van der Waals surface area contributed by atoms with Gasteiger partial charge in [-0.2, -0.15) is 0 Å². The van der Waals surface area contributed by atoms with Crippen LogP contribution < -0.4 is 4.74 Å². The largest absolute Gasteiger partial charge is 0.494 e. The molecule has 0 saturated heterocycles. The Labute approximate surface area is 165 Å². The molecule has 0 bridgehead atoms. The van der Waals surface area contributed by atoms with Gasteiger partial charge in [0.05, 0.1) is 6.61 Å². The quantitative estimate of drug-likeness (QED) is 0.382. The van der Waals surface area contributed by atoms with E-state index in [4.69, 9.17) is 4.74 Å². The summed E-state index contributed by atoms with van der Waals surface area (Å²) in [5.41, 5.74) is 3.05. The fourth-order valence-corrected chi connectivity index (χ4v) is 2.74. The van der Waals surface area contributed by atoms with Crippen LogP contribution in [-0.2, 0) is 0 Å². The van der Waals surface area contributed by atoms with Crippen molar-refractivity contribution in [3.05, 3.63) is 65.2 Å². The van der Waals surface area contributed by atoms with Crippen LogP contribution in [0.5, 0.6) is 5.75 Å². The van der Waals surface area contributed by atoms with Crippen LogP contribution in [0, 0.1) is 23.7 Å². The Hall–Kier alpha value is -2.64. The van der Waals surface area contributed by atoms with Gasteiger partial charge >= 0.3 is 0 Å². The van der Waals surface area contributed by atoms with Crippen LogP contribution in [0.3, 0.4) is 0 Å². The van der Waals surface area contributed by atoms with Crippen LogP contribution in [0.25, 0.3) is 0 Å². The molecule has 0 unspecified atom stereocenters. The first-order valence-electron chi connectivity index (χ1n) is 10.2. The lowest BCUT2D eigenvalue weighted by atomic mass is 10.1. The van der Waals surface area contributed by atoms with Crippen LogP contribution in [0.2, 0.25) is 0 Å². The van der Waals surface area contributed by atoms with Gasteiger partial charge in [0.2, 0.25) is 0 Å². The highest BCUT2D eigenvalue weighted by Crippen LogP contribution is 2.11. The van der Waals surface area contributed by atoms with Crippen molar-refractivity contribution in [1.82, 2.24) is 0 Å². The molecule has 0 spiro atoms. The number of unbranched alkanes of at least 4 members (excludes halogenated alkanes) is 6. The van der Waals surface area contributed by atoms with Crippen LogP contribution in [0.15, 0.2) is 48.5 Å². The van der Waals surface area contributed by atoms with E-state index in [2.05, 4.69) is 42.7 Å². The smallest absolute Gasteiger partial charge is 0.119 e. The molecule has 1 heteroatoms. The minimum atomic E-state index is 0.680. The second kappa shape index (κ2) is 12.7. The van der Waals surface area contributed by atoms with Gasteiger partial charge in [-0.3, -0.25) is 0 Å². The second-order valence-electron chi connectivity index (χ2n) is 6.60. The average Bonchev–Trinajstić information content (AvgIpc) is 2.70. The summed E-state index contributed by atoms with van der Waals surface area (Å²) in [6.07, 6.45) is 8.88. The van der Waals surface area contributed by atoms with Gasteiger partial charge in [-0.1, -0.05) is 62.7 Å². The number of rotatable bonds is 8. The molecule has 27 heavy (non-hydrogen) atoms. The molecule has 140 valence electrons. The predicted molar refractivity (Wildman–Crippen MR) is 115 cm³/mol. The number of hydrogen-bond acceptors (Lipinski definition) is 1. The zero-order chi connectivity index (χ0) is 19.2. The Kier molecular flexibility index (Phi) is 9.70. The van der Waals surface area contributed by atoms with Gasteiger partial charge in [-0.05, 0) is 61.9 Å². The van der Waals surface area contributed by atoms with Gasteiger partial charge in [0.1, 0.15) is 5.75 Å². The predicted octanol–water partition coefficient (Wildman–Crippen LogP) is 6.59. The van der Waals surface area contributed by atoms with Gasteiger partial charge in [-0.15, -0.1) is 0 Å². The van der Waals surface area contributed by atoms with E-state index in [0.29, 0.717) is 6.61 Å². The zero-order valence-corrected chi connectivity index (χ0v) is 16.7. The van der Waals surface area contributed by atoms with E-state index >= 15 is 0 Å². The first-order valence-corrected chi connectivity index (χ1v) is 10.2. The van der Waals surface area contributed by atoms with E-state index in [0.717, 1.165) is 28.9 Å². The van der Waals surface area contributed by atoms with E-state index in [1.54, 1.807) is 0 Å². The summed E-state index contributed by atoms with van der Waals surface area (Å²) in [7, 11) is 0. The molecule has 1 nitrogen and oxygen atoms in total. The fraction of sp³-hybridized carbons (Fsp3) is 0.385. The summed E-state index contributed by atoms with van der Waals surface area (Å²) in [5, 5.41) is 0. The highest BCUT2D eigenvalue weighted by Gasteiger charge is 1.93. The van der Waals surface area contributed by atoms with Crippen molar-refractivity contribution in [2.24, 2.45) is 0 Å². The van der Waals surface area contributed by atoms with E-state index in [-0.39, 0.29) is 0 Å². The maximum atomic E-state index is 5.44. The van der Waals surface area contributed by atoms with Gasteiger partial charge in [0.15, 0.2) is 0 Å². The molecule has 0 fully saturated rings. The minimum absolute atomic E-state index is 0.680. The van der Waals surface area contributed by atoms with E-state index in [1.165, 1.54) is 38.5 Å². The molecule has 2 aromatic carbocycles. The molecule has 0 aliphatic heterocycles. The standard InChI is InChI=1S/C26H30O/c1-3-5-6-7-8-9-10-11-12-23-13-15-24(16-14-23)17-18-25-19-21-26(22-20-25)27-4-2/h13-16,19-22H,3-10H2,1-2H3. The third-order valence-electron chi connectivity index (χ3n) is 4.29. The molecule has 0 heterocycles.